The van der Waals surface area contributed by atoms with Gasteiger partial charge in [0.1, 0.15) is 5.82 Å². The molecule has 1 amide bonds. The standard InChI is InChI=1S/C22H23N5O3/c1-14-3-6-17(7-4-14)26-20-11-15(2)25-22(27-20)24-10-9-23-21(28)16-5-8-18-19(12-16)30-13-29-18/h3-8,11-12H,9-10,13H2,1-2H3,(H,23,28)(H2,24,25,26,27). The molecule has 0 bridgehead atoms. The third-order valence-corrected chi connectivity index (χ3v) is 4.51. The molecule has 4 rings (SSSR count). The summed E-state index contributed by atoms with van der Waals surface area (Å²) in [6, 6.07) is 15.1. The minimum Gasteiger partial charge on any atom is -0.454 e. The lowest BCUT2D eigenvalue weighted by atomic mass is 10.2. The van der Waals surface area contributed by atoms with Crippen molar-refractivity contribution in [3.8, 4) is 11.5 Å². The first-order chi connectivity index (χ1) is 14.6. The number of amides is 1. The normalized spacial score (nSPS) is 11.8. The minimum atomic E-state index is -0.179. The summed E-state index contributed by atoms with van der Waals surface area (Å²) in [4.78, 5) is 21.2. The van der Waals surface area contributed by atoms with Crippen molar-refractivity contribution in [3.63, 3.8) is 0 Å². The molecular weight excluding hydrogens is 382 g/mol. The lowest BCUT2D eigenvalue weighted by Gasteiger charge is -2.11. The topological polar surface area (TPSA) is 97.4 Å². The van der Waals surface area contributed by atoms with Gasteiger partial charge in [-0.2, -0.15) is 4.98 Å². The van der Waals surface area contributed by atoms with Crippen LogP contribution >= 0.6 is 0 Å². The fourth-order valence-corrected chi connectivity index (χ4v) is 2.99. The molecule has 2 heterocycles. The highest BCUT2D eigenvalue weighted by molar-refractivity contribution is 5.94. The molecule has 0 aliphatic carbocycles. The zero-order valence-electron chi connectivity index (χ0n) is 16.9. The number of aromatic nitrogens is 2. The lowest BCUT2D eigenvalue weighted by molar-refractivity contribution is 0.0954. The van der Waals surface area contributed by atoms with Gasteiger partial charge in [0, 0.05) is 36.1 Å². The average Bonchev–Trinajstić information content (AvgIpc) is 3.20. The summed E-state index contributed by atoms with van der Waals surface area (Å²) < 4.78 is 10.6. The van der Waals surface area contributed by atoms with Gasteiger partial charge >= 0.3 is 0 Å². The van der Waals surface area contributed by atoms with Gasteiger partial charge in [0.05, 0.1) is 0 Å². The number of anilines is 3. The van der Waals surface area contributed by atoms with Gasteiger partial charge in [0.25, 0.3) is 5.91 Å². The zero-order valence-corrected chi connectivity index (χ0v) is 16.9. The SMILES string of the molecule is Cc1ccc(Nc2cc(C)nc(NCCNC(=O)c3ccc4c(c3)OCO4)n2)cc1. The first kappa shape index (κ1) is 19.5. The molecular formula is C22H23N5O3. The van der Waals surface area contributed by atoms with E-state index in [2.05, 4.69) is 25.9 Å². The van der Waals surface area contributed by atoms with Crippen molar-refractivity contribution in [2.75, 3.05) is 30.5 Å². The van der Waals surface area contributed by atoms with Crippen LogP contribution in [0.25, 0.3) is 0 Å². The summed E-state index contributed by atoms with van der Waals surface area (Å²) in [5.74, 6) is 2.27. The van der Waals surface area contributed by atoms with Gasteiger partial charge in [-0.25, -0.2) is 4.98 Å². The predicted octanol–water partition coefficient (Wildman–Crippen LogP) is 3.41. The van der Waals surface area contributed by atoms with E-state index < -0.39 is 0 Å². The maximum atomic E-state index is 12.3. The first-order valence-electron chi connectivity index (χ1n) is 9.68. The highest BCUT2D eigenvalue weighted by Crippen LogP contribution is 2.32. The summed E-state index contributed by atoms with van der Waals surface area (Å²) in [6.07, 6.45) is 0. The van der Waals surface area contributed by atoms with E-state index in [4.69, 9.17) is 9.47 Å². The van der Waals surface area contributed by atoms with E-state index in [-0.39, 0.29) is 12.7 Å². The Morgan fingerprint density at radius 3 is 2.60 bits per heavy atom. The smallest absolute Gasteiger partial charge is 0.251 e. The molecule has 0 fully saturated rings. The molecule has 8 heteroatoms. The average molecular weight is 405 g/mol. The van der Waals surface area contributed by atoms with E-state index in [1.807, 2.05) is 44.2 Å². The maximum absolute atomic E-state index is 12.3. The Bertz CT molecular complexity index is 1050. The number of rotatable bonds is 7. The van der Waals surface area contributed by atoms with E-state index in [1.165, 1.54) is 5.56 Å². The molecule has 2 aromatic carbocycles. The summed E-state index contributed by atoms with van der Waals surface area (Å²) in [6.45, 7) is 5.05. The minimum absolute atomic E-state index is 0.179. The molecule has 0 spiro atoms. The van der Waals surface area contributed by atoms with Gasteiger partial charge in [-0.1, -0.05) is 17.7 Å². The van der Waals surface area contributed by atoms with Crippen molar-refractivity contribution in [2.45, 2.75) is 13.8 Å². The van der Waals surface area contributed by atoms with E-state index in [9.17, 15) is 4.79 Å². The van der Waals surface area contributed by atoms with Gasteiger partial charge < -0.3 is 25.4 Å². The number of fused-ring (bicyclic) bond motifs is 1. The van der Waals surface area contributed by atoms with Crippen LogP contribution in [0.15, 0.2) is 48.5 Å². The van der Waals surface area contributed by atoms with Gasteiger partial charge in [-0.3, -0.25) is 4.79 Å². The number of hydrogen-bond acceptors (Lipinski definition) is 7. The molecule has 3 aromatic rings. The highest BCUT2D eigenvalue weighted by Gasteiger charge is 2.15. The molecule has 0 unspecified atom stereocenters. The number of benzene rings is 2. The van der Waals surface area contributed by atoms with Crippen LogP contribution in [-0.2, 0) is 0 Å². The fraction of sp³-hybridized carbons (Fsp3) is 0.227. The number of aryl methyl sites for hydroxylation is 2. The van der Waals surface area contributed by atoms with Crippen LogP contribution in [-0.4, -0.2) is 35.8 Å². The lowest BCUT2D eigenvalue weighted by Crippen LogP contribution is -2.29. The van der Waals surface area contributed by atoms with E-state index in [0.29, 0.717) is 41.9 Å². The number of hydrogen-bond donors (Lipinski definition) is 3. The van der Waals surface area contributed by atoms with Crippen molar-refractivity contribution < 1.29 is 14.3 Å². The Kier molecular flexibility index (Phi) is 5.65. The van der Waals surface area contributed by atoms with E-state index >= 15 is 0 Å². The quantitative estimate of drug-likeness (QED) is 0.518. The number of ether oxygens (including phenoxy) is 2. The molecule has 154 valence electrons. The first-order valence-corrected chi connectivity index (χ1v) is 9.68. The molecule has 0 radical (unpaired) electrons. The Morgan fingerprint density at radius 1 is 0.967 bits per heavy atom. The van der Waals surface area contributed by atoms with E-state index in [1.54, 1.807) is 18.2 Å². The number of nitrogens with zero attached hydrogens (tertiary/aromatic N) is 2. The Hall–Kier alpha value is -3.81. The largest absolute Gasteiger partial charge is 0.454 e. The van der Waals surface area contributed by atoms with Gasteiger partial charge in [0.2, 0.25) is 12.7 Å². The van der Waals surface area contributed by atoms with Crippen molar-refractivity contribution in [3.05, 3.63) is 65.4 Å². The predicted molar refractivity (Wildman–Crippen MR) is 115 cm³/mol. The molecule has 1 aromatic heterocycles. The van der Waals surface area contributed by atoms with Crippen molar-refractivity contribution in [2.24, 2.45) is 0 Å². The summed E-state index contributed by atoms with van der Waals surface area (Å²) in [5, 5.41) is 9.29. The van der Waals surface area contributed by atoms with Crippen LogP contribution in [0.1, 0.15) is 21.6 Å². The summed E-state index contributed by atoms with van der Waals surface area (Å²) in [5.41, 5.74) is 3.52. The second-order valence-electron chi connectivity index (χ2n) is 6.96. The molecule has 3 N–H and O–H groups in total. The Morgan fingerprint density at radius 2 is 1.77 bits per heavy atom. The van der Waals surface area contributed by atoms with Crippen molar-refractivity contribution >= 4 is 23.4 Å². The highest BCUT2D eigenvalue weighted by atomic mass is 16.7. The van der Waals surface area contributed by atoms with Crippen molar-refractivity contribution in [1.29, 1.82) is 0 Å². The molecule has 0 saturated carbocycles. The summed E-state index contributed by atoms with van der Waals surface area (Å²) in [7, 11) is 0. The molecule has 0 atom stereocenters. The molecule has 1 aliphatic rings. The van der Waals surface area contributed by atoms with Crippen LogP contribution in [0.2, 0.25) is 0 Å². The Balaban J connectivity index is 1.30. The molecule has 8 nitrogen and oxygen atoms in total. The second kappa shape index (κ2) is 8.69. The van der Waals surface area contributed by atoms with Gasteiger partial charge in [-0.05, 0) is 44.2 Å². The Labute approximate surface area is 174 Å². The van der Waals surface area contributed by atoms with Gasteiger partial charge in [-0.15, -0.1) is 0 Å². The maximum Gasteiger partial charge on any atom is 0.251 e. The fourth-order valence-electron chi connectivity index (χ4n) is 2.99. The number of carbonyl (C=O) groups excluding carboxylic acids is 1. The number of nitrogens with one attached hydrogen (secondary N) is 3. The van der Waals surface area contributed by atoms with E-state index in [0.717, 1.165) is 11.4 Å². The van der Waals surface area contributed by atoms with Crippen molar-refractivity contribution in [1.82, 2.24) is 15.3 Å². The molecule has 1 aliphatic heterocycles. The number of carbonyl (C=O) groups is 1. The molecule has 0 saturated heterocycles. The monoisotopic (exact) mass is 405 g/mol. The van der Waals surface area contributed by atoms with Crippen LogP contribution in [0.5, 0.6) is 11.5 Å². The van der Waals surface area contributed by atoms with Crippen LogP contribution in [0.3, 0.4) is 0 Å². The van der Waals surface area contributed by atoms with Crippen LogP contribution < -0.4 is 25.4 Å². The van der Waals surface area contributed by atoms with Crippen LogP contribution in [0.4, 0.5) is 17.5 Å². The third kappa shape index (κ3) is 4.78. The zero-order chi connectivity index (χ0) is 20.9. The second-order valence-corrected chi connectivity index (χ2v) is 6.96. The third-order valence-electron chi connectivity index (χ3n) is 4.51. The van der Waals surface area contributed by atoms with Crippen LogP contribution in [0, 0.1) is 13.8 Å². The summed E-state index contributed by atoms with van der Waals surface area (Å²) >= 11 is 0. The molecule has 30 heavy (non-hydrogen) atoms. The van der Waals surface area contributed by atoms with Gasteiger partial charge in [0.15, 0.2) is 11.5 Å².